The number of thioether (sulfide) groups is 1. The third-order valence-electron chi connectivity index (χ3n) is 5.96. The summed E-state index contributed by atoms with van der Waals surface area (Å²) in [5, 5.41) is 16.2. The first kappa shape index (κ1) is 30.2. The zero-order valence-corrected chi connectivity index (χ0v) is 24.1. The van der Waals surface area contributed by atoms with Crippen molar-refractivity contribution >= 4 is 41.4 Å². The molecule has 14 heteroatoms. The maximum Gasteiger partial charge on any atom is 1.00 e. The number of fused-ring (bicyclic) bond motifs is 1. The smallest absolute Gasteiger partial charge is 0.543 e. The number of aryl methyl sites for hydroxylation is 1. The number of H-pyrrole nitrogens is 1. The summed E-state index contributed by atoms with van der Waals surface area (Å²) >= 11 is 1.19. The fourth-order valence-electron chi connectivity index (χ4n) is 4.11. The number of hydrogen-bond acceptors (Lipinski definition) is 9. The van der Waals surface area contributed by atoms with Crippen molar-refractivity contribution in [3.8, 4) is 0 Å². The van der Waals surface area contributed by atoms with E-state index in [0.29, 0.717) is 11.3 Å². The summed E-state index contributed by atoms with van der Waals surface area (Å²) in [5.41, 5.74) is 0.0562. The van der Waals surface area contributed by atoms with Gasteiger partial charge in [0.1, 0.15) is 29.6 Å². The quantitative estimate of drug-likeness (QED) is 0.165. The van der Waals surface area contributed by atoms with E-state index in [2.05, 4.69) is 15.6 Å². The number of carbonyl (C=O) groups is 5. The minimum absolute atomic E-state index is 0. The molecule has 1 aromatic carbocycles. The Kier molecular flexibility index (Phi) is 9.78. The van der Waals surface area contributed by atoms with Gasteiger partial charge >= 0.3 is 35.5 Å². The number of pyridine rings is 1. The number of hydrogen-bond donors (Lipinski definition) is 3. The van der Waals surface area contributed by atoms with Crippen molar-refractivity contribution in [2.45, 2.75) is 31.3 Å². The molecule has 1 unspecified atom stereocenters. The number of carbonyl (C=O) groups excluding carboxylic acids is 5. The molecule has 3 N–H and O–H groups in total. The van der Waals surface area contributed by atoms with Crippen molar-refractivity contribution in [1.29, 1.82) is 0 Å². The average molecular weight is 563 g/mol. The Hall–Kier alpha value is -3.39. The Bertz CT molecular complexity index is 1410. The summed E-state index contributed by atoms with van der Waals surface area (Å²) < 4.78 is 4.89. The van der Waals surface area contributed by atoms with Crippen LogP contribution in [-0.2, 0) is 23.9 Å². The molecule has 3 heterocycles. The summed E-state index contributed by atoms with van der Waals surface area (Å²) in [6, 6.07) is 7.17. The van der Waals surface area contributed by atoms with Gasteiger partial charge in [0.15, 0.2) is 5.43 Å². The van der Waals surface area contributed by atoms with Gasteiger partial charge < -0.3 is 30.3 Å². The predicted molar refractivity (Wildman–Crippen MR) is 132 cm³/mol. The molecular weight excluding hydrogens is 539 g/mol. The fourth-order valence-corrected chi connectivity index (χ4v) is 5.44. The van der Waals surface area contributed by atoms with Crippen molar-refractivity contribution in [3.63, 3.8) is 0 Å². The number of β-lactam (4-membered cyclic amide) rings is 1. The van der Waals surface area contributed by atoms with Gasteiger partial charge in [-0.2, -0.15) is 0 Å². The standard InChI is InChI=1S/C25H24N4O8S.Na/c1-12-8-17(31)16(9-26-12)21(32)27-18(14-6-4-3-5-7-14)22(33)28-19-23(34)29-20(25(35)36)15(10-37-13(2)30)11-38-24(19)29;/h3-9,18-19,24H,10-11H2,1-2H3,(H,26,31)(H,27,32)(H,28,33)(H,35,36);/q;+1/p-1/t18?,19-,24-;/m1./s1. The first-order valence-electron chi connectivity index (χ1n) is 11.5. The Morgan fingerprint density at radius 2 is 1.90 bits per heavy atom. The maximum atomic E-state index is 13.3. The molecule has 3 atom stereocenters. The molecule has 0 bridgehead atoms. The van der Waals surface area contributed by atoms with E-state index >= 15 is 0 Å². The van der Waals surface area contributed by atoms with E-state index < -0.39 is 58.2 Å². The number of aromatic nitrogens is 1. The van der Waals surface area contributed by atoms with Crippen LogP contribution in [0.3, 0.4) is 0 Å². The monoisotopic (exact) mass is 562 g/mol. The summed E-state index contributed by atoms with van der Waals surface area (Å²) in [6.45, 7) is 2.53. The number of esters is 1. The minimum Gasteiger partial charge on any atom is -0.543 e. The molecule has 2 aliphatic rings. The van der Waals surface area contributed by atoms with Crippen LogP contribution in [0.5, 0.6) is 0 Å². The molecule has 0 aliphatic carbocycles. The second-order valence-electron chi connectivity index (χ2n) is 8.63. The third kappa shape index (κ3) is 6.44. The van der Waals surface area contributed by atoms with Crippen LogP contribution in [0.1, 0.15) is 34.6 Å². The van der Waals surface area contributed by atoms with E-state index in [1.807, 2.05) is 0 Å². The van der Waals surface area contributed by atoms with E-state index in [9.17, 15) is 33.9 Å². The number of nitrogens with one attached hydrogen (secondary N) is 3. The van der Waals surface area contributed by atoms with Crippen molar-refractivity contribution in [1.82, 2.24) is 20.5 Å². The molecular formula is C25H23N4NaO8S. The number of aromatic amines is 1. The SMILES string of the molecule is CC(=O)OCC1=C(C(=O)[O-])N2C(=O)[C@@H](NC(=O)C(NC(=O)c3c[nH]c(C)cc3=O)c3ccccc3)[C@H]2SC1.[Na+]. The maximum absolute atomic E-state index is 13.3. The van der Waals surface area contributed by atoms with Gasteiger partial charge in [-0.1, -0.05) is 30.3 Å². The number of ether oxygens (including phenoxy) is 1. The van der Waals surface area contributed by atoms with Crippen molar-refractivity contribution in [3.05, 3.63) is 80.9 Å². The molecule has 12 nitrogen and oxygen atoms in total. The molecule has 0 spiro atoms. The van der Waals surface area contributed by atoms with E-state index in [0.717, 1.165) is 4.90 Å². The first-order valence-corrected chi connectivity index (χ1v) is 12.5. The van der Waals surface area contributed by atoms with Crippen LogP contribution in [-0.4, -0.2) is 63.3 Å². The third-order valence-corrected chi connectivity index (χ3v) is 7.30. The Balaban J connectivity index is 0.00000420. The van der Waals surface area contributed by atoms with Crippen molar-refractivity contribution in [2.24, 2.45) is 0 Å². The van der Waals surface area contributed by atoms with Crippen LogP contribution in [0.2, 0.25) is 0 Å². The van der Waals surface area contributed by atoms with Gasteiger partial charge in [0.2, 0.25) is 5.91 Å². The number of rotatable bonds is 8. The molecule has 39 heavy (non-hydrogen) atoms. The molecule has 3 amide bonds. The van der Waals surface area contributed by atoms with Crippen LogP contribution >= 0.6 is 11.8 Å². The number of amides is 3. The summed E-state index contributed by atoms with van der Waals surface area (Å²) in [4.78, 5) is 78.2. The number of benzene rings is 1. The molecule has 2 aromatic rings. The Morgan fingerprint density at radius 3 is 2.51 bits per heavy atom. The van der Waals surface area contributed by atoms with Crippen LogP contribution in [0.25, 0.3) is 0 Å². The van der Waals surface area contributed by atoms with Crippen LogP contribution in [0.4, 0.5) is 0 Å². The summed E-state index contributed by atoms with van der Waals surface area (Å²) in [6.07, 6.45) is 1.25. The predicted octanol–water partition coefficient (Wildman–Crippen LogP) is -3.87. The molecule has 1 aromatic heterocycles. The molecule has 0 radical (unpaired) electrons. The molecule has 198 valence electrons. The van der Waals surface area contributed by atoms with Gasteiger partial charge in [0.05, 0.1) is 11.7 Å². The zero-order valence-electron chi connectivity index (χ0n) is 21.3. The largest absolute Gasteiger partial charge is 1.00 e. The van der Waals surface area contributed by atoms with Gasteiger partial charge in [-0.15, -0.1) is 11.8 Å². The van der Waals surface area contributed by atoms with E-state index in [1.165, 1.54) is 30.9 Å². The van der Waals surface area contributed by atoms with Gasteiger partial charge in [-0.3, -0.25) is 28.9 Å². The molecule has 4 rings (SSSR count). The van der Waals surface area contributed by atoms with E-state index in [4.69, 9.17) is 4.74 Å². The Labute approximate surface area is 248 Å². The summed E-state index contributed by atoms with van der Waals surface area (Å²) in [5.74, 6) is -4.29. The topological polar surface area (TPSA) is 178 Å². The fraction of sp³-hybridized carbons (Fsp3) is 0.280. The number of nitrogens with zero attached hydrogens (tertiary/aromatic N) is 1. The minimum atomic E-state index is -1.60. The number of aliphatic carboxylic acids is 1. The van der Waals surface area contributed by atoms with Crippen molar-refractivity contribution in [2.75, 3.05) is 12.4 Å². The van der Waals surface area contributed by atoms with Crippen LogP contribution in [0, 0.1) is 6.92 Å². The van der Waals surface area contributed by atoms with Crippen LogP contribution < -0.4 is 50.7 Å². The van der Waals surface area contributed by atoms with Gasteiger partial charge in [0, 0.05) is 36.2 Å². The van der Waals surface area contributed by atoms with Gasteiger partial charge in [-0.05, 0) is 12.5 Å². The molecule has 0 saturated carbocycles. The summed E-state index contributed by atoms with van der Waals surface area (Å²) in [7, 11) is 0. The Morgan fingerprint density at radius 1 is 1.21 bits per heavy atom. The van der Waals surface area contributed by atoms with Gasteiger partial charge in [-0.25, -0.2) is 0 Å². The molecule has 2 aliphatic heterocycles. The second-order valence-corrected chi connectivity index (χ2v) is 9.73. The molecule has 1 saturated heterocycles. The molecule has 1 fully saturated rings. The second kappa shape index (κ2) is 12.6. The van der Waals surface area contributed by atoms with Gasteiger partial charge in [0.25, 0.3) is 11.8 Å². The average Bonchev–Trinajstić information content (AvgIpc) is 2.88. The normalized spacial score (nSPS) is 18.6. The van der Waals surface area contributed by atoms with E-state index in [1.54, 1.807) is 37.3 Å². The number of carboxylic acid groups (broad SMARTS) is 1. The van der Waals surface area contributed by atoms with E-state index in [-0.39, 0.29) is 53.1 Å². The first-order chi connectivity index (χ1) is 18.1. The van der Waals surface area contributed by atoms with Crippen LogP contribution in [0.15, 0.2) is 58.7 Å². The zero-order chi connectivity index (χ0) is 27.6. The van der Waals surface area contributed by atoms with Crippen molar-refractivity contribution < 1.29 is 63.4 Å². The number of carboxylic acids is 1.